The molecule has 20 heavy (non-hydrogen) atoms. The van der Waals surface area contributed by atoms with E-state index in [1.165, 1.54) is 0 Å². The van der Waals surface area contributed by atoms with Gasteiger partial charge in [-0.05, 0) is 36.2 Å². The van der Waals surface area contributed by atoms with Crippen LogP contribution in [0.15, 0.2) is 36.4 Å². The molecule has 0 aliphatic heterocycles. The van der Waals surface area contributed by atoms with E-state index in [4.69, 9.17) is 5.26 Å². The summed E-state index contributed by atoms with van der Waals surface area (Å²) in [6.07, 6.45) is 0.898. The molecule has 0 heterocycles. The number of nitrogens with zero attached hydrogens (tertiary/aromatic N) is 1. The smallest absolute Gasteiger partial charge is 0.132 e. The summed E-state index contributed by atoms with van der Waals surface area (Å²) >= 11 is 0. The first-order valence-corrected chi connectivity index (χ1v) is 6.35. The molecule has 0 saturated heterocycles. The van der Waals surface area contributed by atoms with Crippen molar-refractivity contribution in [3.05, 3.63) is 64.7 Å². The van der Waals surface area contributed by atoms with Gasteiger partial charge in [0.25, 0.3) is 0 Å². The second-order valence-corrected chi connectivity index (χ2v) is 4.44. The molecular formula is C16H14F2N2. The molecule has 4 heteroatoms. The van der Waals surface area contributed by atoms with Crippen LogP contribution in [0.25, 0.3) is 0 Å². The largest absolute Gasteiger partial charge is 0.381 e. The van der Waals surface area contributed by atoms with Crippen molar-refractivity contribution in [3.63, 3.8) is 0 Å². The third-order valence-corrected chi connectivity index (χ3v) is 3.07. The number of halogens is 2. The van der Waals surface area contributed by atoms with Gasteiger partial charge in [-0.3, -0.25) is 0 Å². The maximum absolute atomic E-state index is 13.7. The lowest BCUT2D eigenvalue weighted by molar-refractivity contribution is 0.559. The number of nitriles is 1. The number of aryl methyl sites for hydroxylation is 1. The average molecular weight is 272 g/mol. The Kier molecular flexibility index (Phi) is 4.31. The molecule has 0 aromatic heterocycles. The van der Waals surface area contributed by atoms with E-state index in [0.29, 0.717) is 0 Å². The van der Waals surface area contributed by atoms with Gasteiger partial charge in [0.2, 0.25) is 0 Å². The Balaban J connectivity index is 2.17. The number of hydrogen-bond acceptors (Lipinski definition) is 2. The quantitative estimate of drug-likeness (QED) is 0.912. The van der Waals surface area contributed by atoms with E-state index in [1.54, 1.807) is 6.07 Å². The van der Waals surface area contributed by atoms with Crippen molar-refractivity contribution in [3.8, 4) is 6.07 Å². The zero-order valence-corrected chi connectivity index (χ0v) is 11.1. The molecular weight excluding hydrogens is 258 g/mol. The van der Waals surface area contributed by atoms with Crippen LogP contribution in [0.4, 0.5) is 14.5 Å². The summed E-state index contributed by atoms with van der Waals surface area (Å²) in [5, 5.41) is 11.6. The minimum absolute atomic E-state index is 0.0169. The summed E-state index contributed by atoms with van der Waals surface area (Å²) < 4.78 is 27.4. The molecule has 0 radical (unpaired) electrons. The lowest BCUT2D eigenvalue weighted by atomic mass is 10.1. The van der Waals surface area contributed by atoms with E-state index in [-0.39, 0.29) is 17.7 Å². The molecule has 0 atom stereocenters. The second-order valence-electron chi connectivity index (χ2n) is 4.44. The van der Waals surface area contributed by atoms with Crippen LogP contribution in [0, 0.1) is 23.0 Å². The molecule has 0 fully saturated rings. The highest BCUT2D eigenvalue weighted by molar-refractivity contribution is 5.46. The van der Waals surface area contributed by atoms with Crippen LogP contribution < -0.4 is 5.32 Å². The molecule has 2 aromatic carbocycles. The summed E-state index contributed by atoms with van der Waals surface area (Å²) in [4.78, 5) is 0. The van der Waals surface area contributed by atoms with Crippen LogP contribution in [-0.2, 0) is 13.0 Å². The molecule has 1 N–H and O–H groups in total. The molecule has 2 rings (SSSR count). The van der Waals surface area contributed by atoms with Crippen LogP contribution in [-0.4, -0.2) is 0 Å². The fraction of sp³-hybridized carbons (Fsp3) is 0.188. The molecule has 0 saturated carbocycles. The highest BCUT2D eigenvalue weighted by Gasteiger charge is 2.11. The van der Waals surface area contributed by atoms with Gasteiger partial charge in [-0.15, -0.1) is 0 Å². The highest BCUT2D eigenvalue weighted by Crippen LogP contribution is 2.18. The number of anilines is 1. The van der Waals surface area contributed by atoms with Crippen molar-refractivity contribution in [2.45, 2.75) is 19.9 Å². The van der Waals surface area contributed by atoms with Gasteiger partial charge >= 0.3 is 0 Å². The molecule has 2 aromatic rings. The number of nitrogens with one attached hydrogen (secondary N) is 1. The lowest BCUT2D eigenvalue weighted by Crippen LogP contribution is -2.05. The molecule has 0 bridgehead atoms. The summed E-state index contributed by atoms with van der Waals surface area (Å²) in [7, 11) is 0. The van der Waals surface area contributed by atoms with Crippen LogP contribution in [0.3, 0.4) is 0 Å². The molecule has 0 unspecified atom stereocenters. The van der Waals surface area contributed by atoms with E-state index in [9.17, 15) is 8.78 Å². The van der Waals surface area contributed by atoms with Crippen molar-refractivity contribution in [1.82, 2.24) is 0 Å². The van der Waals surface area contributed by atoms with Gasteiger partial charge in [-0.1, -0.05) is 19.1 Å². The zero-order chi connectivity index (χ0) is 14.5. The monoisotopic (exact) mass is 272 g/mol. The fourth-order valence-corrected chi connectivity index (χ4v) is 1.93. The highest BCUT2D eigenvalue weighted by atomic mass is 19.1. The predicted octanol–water partition coefficient (Wildman–Crippen LogP) is 4.01. The second kappa shape index (κ2) is 6.16. The van der Waals surface area contributed by atoms with Gasteiger partial charge in [-0.25, -0.2) is 8.78 Å². The normalized spacial score (nSPS) is 10.1. The van der Waals surface area contributed by atoms with Gasteiger partial charge in [0.1, 0.15) is 11.6 Å². The first-order valence-electron chi connectivity index (χ1n) is 6.35. The van der Waals surface area contributed by atoms with Crippen molar-refractivity contribution in [2.75, 3.05) is 5.32 Å². The summed E-state index contributed by atoms with van der Waals surface area (Å²) in [6.45, 7) is 2.08. The Morgan fingerprint density at radius 3 is 2.45 bits per heavy atom. The average Bonchev–Trinajstić information content (AvgIpc) is 2.46. The van der Waals surface area contributed by atoms with Gasteiger partial charge in [0.05, 0.1) is 11.6 Å². The fourth-order valence-electron chi connectivity index (χ4n) is 1.93. The summed E-state index contributed by atoms with van der Waals surface area (Å²) in [5.74, 6) is -1.42. The molecule has 0 aliphatic carbocycles. The minimum Gasteiger partial charge on any atom is -0.381 e. The van der Waals surface area contributed by atoms with Crippen LogP contribution in [0.2, 0.25) is 0 Å². The van der Waals surface area contributed by atoms with E-state index >= 15 is 0 Å². The van der Waals surface area contributed by atoms with Crippen molar-refractivity contribution in [1.29, 1.82) is 5.26 Å². The summed E-state index contributed by atoms with van der Waals surface area (Å²) in [6, 6.07) is 11.5. The molecule has 0 aliphatic rings. The Hall–Kier alpha value is -2.41. The molecule has 2 nitrogen and oxygen atoms in total. The predicted molar refractivity (Wildman–Crippen MR) is 74.2 cm³/mol. The Labute approximate surface area is 116 Å². The number of hydrogen-bond donors (Lipinski definition) is 1. The Morgan fingerprint density at radius 1 is 1.15 bits per heavy atom. The van der Waals surface area contributed by atoms with Crippen molar-refractivity contribution < 1.29 is 8.78 Å². The minimum atomic E-state index is -0.708. The third-order valence-electron chi connectivity index (χ3n) is 3.07. The van der Waals surface area contributed by atoms with Gasteiger partial charge in [0.15, 0.2) is 0 Å². The van der Waals surface area contributed by atoms with E-state index < -0.39 is 11.6 Å². The zero-order valence-electron chi connectivity index (χ0n) is 11.1. The lowest BCUT2D eigenvalue weighted by Gasteiger charge is -2.10. The Morgan fingerprint density at radius 2 is 1.85 bits per heavy atom. The molecule has 102 valence electrons. The van der Waals surface area contributed by atoms with Gasteiger partial charge in [0, 0.05) is 17.8 Å². The van der Waals surface area contributed by atoms with E-state index in [0.717, 1.165) is 29.8 Å². The topological polar surface area (TPSA) is 35.8 Å². The van der Waals surface area contributed by atoms with E-state index in [2.05, 4.69) is 5.32 Å². The molecule has 0 amide bonds. The van der Waals surface area contributed by atoms with Gasteiger partial charge < -0.3 is 5.32 Å². The SMILES string of the molecule is CCc1cccc(NCc2c(F)cc(C#N)cc2F)c1. The third kappa shape index (κ3) is 3.12. The van der Waals surface area contributed by atoms with Crippen LogP contribution in [0.1, 0.15) is 23.6 Å². The maximum Gasteiger partial charge on any atom is 0.132 e. The first-order chi connectivity index (χ1) is 9.63. The van der Waals surface area contributed by atoms with Crippen LogP contribution in [0.5, 0.6) is 0 Å². The number of rotatable bonds is 4. The first kappa shape index (κ1) is 14.0. The van der Waals surface area contributed by atoms with Crippen molar-refractivity contribution in [2.24, 2.45) is 0 Å². The standard InChI is InChI=1S/C16H14F2N2/c1-2-11-4-3-5-13(6-11)20-10-14-15(17)7-12(9-19)8-16(14)18/h3-8,20H,2,10H2,1H3. The van der Waals surface area contributed by atoms with Crippen LogP contribution >= 0.6 is 0 Å². The van der Waals surface area contributed by atoms with Crippen molar-refractivity contribution >= 4 is 5.69 Å². The Bertz CT molecular complexity index is 637. The van der Waals surface area contributed by atoms with E-state index in [1.807, 2.05) is 31.2 Å². The summed E-state index contributed by atoms with van der Waals surface area (Å²) in [5.41, 5.74) is 1.88. The number of benzene rings is 2. The maximum atomic E-state index is 13.7. The van der Waals surface area contributed by atoms with Gasteiger partial charge in [-0.2, -0.15) is 5.26 Å². The molecule has 0 spiro atoms.